The molecule has 0 aliphatic carbocycles. The van der Waals surface area contributed by atoms with Crippen LogP contribution in [0.4, 0.5) is 5.69 Å². The van der Waals surface area contributed by atoms with Gasteiger partial charge in [-0.1, -0.05) is 32.0 Å². The molecule has 0 saturated heterocycles. The van der Waals surface area contributed by atoms with E-state index in [-0.39, 0.29) is 5.91 Å². The maximum Gasteiger partial charge on any atom is 0.279 e. The van der Waals surface area contributed by atoms with E-state index in [1.54, 1.807) is 0 Å². The largest absolute Gasteiger partial charge is 0.490 e. The van der Waals surface area contributed by atoms with Crippen LogP contribution < -0.4 is 19.7 Å². The van der Waals surface area contributed by atoms with Gasteiger partial charge < -0.3 is 19.7 Å². The van der Waals surface area contributed by atoms with Crippen molar-refractivity contribution >= 4 is 11.6 Å². The van der Waals surface area contributed by atoms with Gasteiger partial charge in [0.25, 0.3) is 5.91 Å². The van der Waals surface area contributed by atoms with Crippen LogP contribution in [0.25, 0.3) is 0 Å². The molecule has 0 aromatic heterocycles. The number of carbonyl (C=O) groups is 1. The molecule has 30 heavy (non-hydrogen) atoms. The van der Waals surface area contributed by atoms with E-state index in [9.17, 15) is 4.79 Å². The first kappa shape index (κ1) is 22.2. The maximum absolute atomic E-state index is 12.9. The first-order chi connectivity index (χ1) is 14.6. The van der Waals surface area contributed by atoms with Crippen molar-refractivity contribution < 1.29 is 19.2 Å². The van der Waals surface area contributed by atoms with E-state index < -0.39 is 0 Å². The number of nitrogens with one attached hydrogen (secondary N) is 2. The molecule has 1 unspecified atom stereocenters. The van der Waals surface area contributed by atoms with Crippen LogP contribution >= 0.6 is 0 Å². The summed E-state index contributed by atoms with van der Waals surface area (Å²) in [4.78, 5) is 14.1. The molecule has 0 radical (unpaired) electrons. The molecule has 5 heteroatoms. The fourth-order valence-electron chi connectivity index (χ4n) is 4.21. The molecule has 2 aromatic carbocycles. The average molecular weight is 412 g/mol. The van der Waals surface area contributed by atoms with Crippen LogP contribution in [0.2, 0.25) is 0 Å². The molecule has 1 amide bonds. The van der Waals surface area contributed by atoms with Crippen molar-refractivity contribution in [2.24, 2.45) is 0 Å². The summed E-state index contributed by atoms with van der Waals surface area (Å²) in [5.74, 6) is 1.70. The van der Waals surface area contributed by atoms with Gasteiger partial charge in [0.1, 0.15) is 6.54 Å². The van der Waals surface area contributed by atoms with Gasteiger partial charge >= 0.3 is 0 Å². The van der Waals surface area contributed by atoms with Crippen molar-refractivity contribution in [2.75, 3.05) is 31.6 Å². The summed E-state index contributed by atoms with van der Waals surface area (Å²) >= 11 is 0. The molecule has 0 fully saturated rings. The Kier molecular flexibility index (Phi) is 7.75. The first-order valence-corrected chi connectivity index (χ1v) is 11.2. The van der Waals surface area contributed by atoms with Crippen LogP contribution in [-0.4, -0.2) is 32.2 Å². The van der Waals surface area contributed by atoms with Crippen molar-refractivity contribution in [2.45, 2.75) is 53.5 Å². The van der Waals surface area contributed by atoms with Gasteiger partial charge in [-0.3, -0.25) is 4.79 Å². The van der Waals surface area contributed by atoms with Gasteiger partial charge in [0, 0.05) is 17.7 Å². The highest BCUT2D eigenvalue weighted by Crippen LogP contribution is 2.32. The predicted octanol–water partition coefficient (Wildman–Crippen LogP) is 3.19. The lowest BCUT2D eigenvalue weighted by Gasteiger charge is -2.27. The van der Waals surface area contributed by atoms with Crippen LogP contribution in [0.5, 0.6) is 11.5 Å². The average Bonchev–Trinajstić information content (AvgIpc) is 2.74. The lowest BCUT2D eigenvalue weighted by molar-refractivity contribution is -0.907. The molecule has 3 rings (SSSR count). The topological polar surface area (TPSA) is 52.0 Å². The van der Waals surface area contributed by atoms with Gasteiger partial charge in [-0.2, -0.15) is 0 Å². The Hall–Kier alpha value is -2.53. The lowest BCUT2D eigenvalue weighted by Crippen LogP contribution is -3.12. The van der Waals surface area contributed by atoms with Crippen LogP contribution in [0.1, 0.15) is 49.9 Å². The van der Waals surface area contributed by atoms with E-state index in [0.29, 0.717) is 19.8 Å². The smallest absolute Gasteiger partial charge is 0.279 e. The van der Waals surface area contributed by atoms with E-state index >= 15 is 0 Å². The fraction of sp³-hybridized carbons (Fsp3) is 0.480. The Morgan fingerprint density at radius 1 is 0.967 bits per heavy atom. The summed E-state index contributed by atoms with van der Waals surface area (Å²) in [6.07, 6.45) is 2.77. The predicted molar refractivity (Wildman–Crippen MR) is 121 cm³/mol. The normalized spacial score (nSPS) is 15.4. The van der Waals surface area contributed by atoms with Crippen LogP contribution in [-0.2, 0) is 30.6 Å². The van der Waals surface area contributed by atoms with Crippen molar-refractivity contribution in [3.63, 3.8) is 0 Å². The Balaban J connectivity index is 1.70. The summed E-state index contributed by atoms with van der Waals surface area (Å²) in [5, 5.41) is 3.21. The van der Waals surface area contributed by atoms with Gasteiger partial charge in [0.2, 0.25) is 0 Å². The second-order valence-electron chi connectivity index (χ2n) is 7.74. The number of benzene rings is 2. The van der Waals surface area contributed by atoms with E-state index in [2.05, 4.69) is 49.5 Å². The molecule has 162 valence electrons. The zero-order chi connectivity index (χ0) is 21.5. The summed E-state index contributed by atoms with van der Waals surface area (Å²) in [6, 6.07) is 10.5. The highest BCUT2D eigenvalue weighted by molar-refractivity contribution is 5.93. The first-order valence-electron chi connectivity index (χ1n) is 11.2. The van der Waals surface area contributed by atoms with E-state index in [4.69, 9.17) is 9.47 Å². The van der Waals surface area contributed by atoms with Crippen molar-refractivity contribution in [1.29, 1.82) is 0 Å². The molecular formula is C25H35N2O3+. The summed E-state index contributed by atoms with van der Waals surface area (Å²) in [6.45, 7) is 11.7. The van der Waals surface area contributed by atoms with Crippen molar-refractivity contribution in [3.05, 3.63) is 52.6 Å². The maximum atomic E-state index is 12.9. The van der Waals surface area contributed by atoms with Gasteiger partial charge in [0.15, 0.2) is 18.0 Å². The lowest BCUT2D eigenvalue weighted by atomic mass is 9.98. The highest BCUT2D eigenvalue weighted by atomic mass is 16.5. The summed E-state index contributed by atoms with van der Waals surface area (Å²) < 4.78 is 11.5. The SMILES string of the molecule is CCOc1cc2c(cc1OCC)C[NH+](CC(=O)Nc1c(CC)cccc1CC)CC2. The minimum Gasteiger partial charge on any atom is -0.490 e. The third-order valence-electron chi connectivity index (χ3n) is 5.73. The molecule has 0 bridgehead atoms. The molecule has 0 saturated carbocycles. The molecule has 1 atom stereocenters. The van der Waals surface area contributed by atoms with E-state index in [0.717, 1.165) is 49.5 Å². The Bertz CT molecular complexity index is 857. The molecule has 2 aromatic rings. The van der Waals surface area contributed by atoms with Gasteiger partial charge in [0.05, 0.1) is 19.8 Å². The van der Waals surface area contributed by atoms with Gasteiger partial charge in [-0.25, -0.2) is 0 Å². The van der Waals surface area contributed by atoms with Gasteiger partial charge in [-0.05, 0) is 55.5 Å². The zero-order valence-electron chi connectivity index (χ0n) is 18.8. The van der Waals surface area contributed by atoms with Crippen LogP contribution in [0, 0.1) is 0 Å². The number of amides is 1. The number of aryl methyl sites for hydroxylation is 2. The second-order valence-corrected chi connectivity index (χ2v) is 7.74. The summed E-state index contributed by atoms with van der Waals surface area (Å²) in [5.41, 5.74) is 5.96. The quantitative estimate of drug-likeness (QED) is 0.666. The Morgan fingerprint density at radius 3 is 2.13 bits per heavy atom. The third-order valence-corrected chi connectivity index (χ3v) is 5.73. The molecule has 0 spiro atoms. The molecule has 1 aliphatic heterocycles. The van der Waals surface area contributed by atoms with Gasteiger partial charge in [-0.15, -0.1) is 0 Å². The number of hydrogen-bond acceptors (Lipinski definition) is 3. The molecular weight excluding hydrogens is 376 g/mol. The number of carbonyl (C=O) groups excluding carboxylic acids is 1. The van der Waals surface area contributed by atoms with E-state index in [1.165, 1.54) is 27.2 Å². The highest BCUT2D eigenvalue weighted by Gasteiger charge is 2.24. The number of para-hydroxylation sites is 1. The summed E-state index contributed by atoms with van der Waals surface area (Å²) in [7, 11) is 0. The minimum atomic E-state index is 0.0834. The minimum absolute atomic E-state index is 0.0834. The number of anilines is 1. The number of fused-ring (bicyclic) bond motifs is 1. The monoisotopic (exact) mass is 411 g/mol. The molecule has 1 heterocycles. The van der Waals surface area contributed by atoms with Crippen LogP contribution in [0.3, 0.4) is 0 Å². The molecule has 1 aliphatic rings. The van der Waals surface area contributed by atoms with Crippen molar-refractivity contribution in [1.82, 2.24) is 0 Å². The molecule has 2 N–H and O–H groups in total. The number of ether oxygens (including phenoxy) is 2. The number of rotatable bonds is 9. The van der Waals surface area contributed by atoms with E-state index in [1.807, 2.05) is 13.8 Å². The Labute approximate surface area is 180 Å². The van der Waals surface area contributed by atoms with Crippen LogP contribution in [0.15, 0.2) is 30.3 Å². The zero-order valence-corrected chi connectivity index (χ0v) is 18.8. The molecule has 5 nitrogen and oxygen atoms in total. The number of hydrogen-bond donors (Lipinski definition) is 2. The Morgan fingerprint density at radius 2 is 1.57 bits per heavy atom. The number of quaternary nitrogens is 1. The second kappa shape index (κ2) is 10.5. The third kappa shape index (κ3) is 5.14. The standard InChI is InChI=1S/C25H34N2O3/c1-5-18-10-9-11-19(6-2)25(18)26-24(28)17-27-13-12-20-14-22(29-7-3)23(30-8-4)15-21(20)16-27/h9-11,14-15H,5-8,12-13,16-17H2,1-4H3,(H,26,28)/p+1. The van der Waals surface area contributed by atoms with Crippen molar-refractivity contribution in [3.8, 4) is 11.5 Å². The fourth-order valence-corrected chi connectivity index (χ4v) is 4.21.